The largest absolute Gasteiger partial charge is 0.355 e. The van der Waals surface area contributed by atoms with Crippen LogP contribution in [-0.4, -0.2) is 70.9 Å². The molecule has 4 rings (SSSR count). The van der Waals surface area contributed by atoms with E-state index in [1.807, 2.05) is 4.90 Å². The Labute approximate surface area is 179 Å². The summed E-state index contributed by atoms with van der Waals surface area (Å²) in [7, 11) is -3.77. The van der Waals surface area contributed by atoms with Gasteiger partial charge in [0.1, 0.15) is 15.9 Å². The molecule has 3 heterocycles. The molecule has 2 aromatic rings. The number of benzene rings is 1. The van der Waals surface area contributed by atoms with Crippen molar-refractivity contribution in [2.24, 2.45) is 5.92 Å². The summed E-state index contributed by atoms with van der Waals surface area (Å²) in [5, 5.41) is 2.82. The first-order valence-electron chi connectivity index (χ1n) is 10.2. The predicted molar refractivity (Wildman–Crippen MR) is 112 cm³/mol. The highest BCUT2D eigenvalue weighted by Gasteiger charge is 2.34. The van der Waals surface area contributed by atoms with Crippen molar-refractivity contribution >= 4 is 44.6 Å². The van der Waals surface area contributed by atoms with Gasteiger partial charge in [-0.2, -0.15) is 13.1 Å². The smallest absolute Gasteiger partial charge is 0.245 e. The lowest BCUT2D eigenvalue weighted by Gasteiger charge is -2.31. The summed E-state index contributed by atoms with van der Waals surface area (Å²) >= 11 is 0.978. The number of likely N-dealkylation sites (tertiary alicyclic amines) is 1. The first-order chi connectivity index (χ1) is 14.5. The van der Waals surface area contributed by atoms with Gasteiger partial charge in [0.15, 0.2) is 0 Å². The van der Waals surface area contributed by atoms with Crippen LogP contribution in [0.15, 0.2) is 23.1 Å². The van der Waals surface area contributed by atoms with Crippen LogP contribution >= 0.6 is 11.7 Å². The van der Waals surface area contributed by atoms with Gasteiger partial charge in [0.05, 0.1) is 17.6 Å². The Balaban J connectivity index is 1.37. The molecule has 9 nitrogen and oxygen atoms in total. The molecule has 0 saturated carbocycles. The minimum atomic E-state index is -3.77. The van der Waals surface area contributed by atoms with E-state index >= 15 is 0 Å². The van der Waals surface area contributed by atoms with Gasteiger partial charge in [-0.25, -0.2) is 8.42 Å². The van der Waals surface area contributed by atoms with Crippen molar-refractivity contribution in [3.8, 4) is 0 Å². The Bertz CT molecular complexity index is 1030. The fourth-order valence-corrected chi connectivity index (χ4v) is 6.34. The summed E-state index contributed by atoms with van der Waals surface area (Å²) < 4.78 is 36.0. The van der Waals surface area contributed by atoms with Gasteiger partial charge in [-0.3, -0.25) is 9.59 Å². The molecular formula is C19H25N5O4S2. The topological polar surface area (TPSA) is 113 Å². The number of aromatic nitrogens is 2. The van der Waals surface area contributed by atoms with Crippen LogP contribution in [0.3, 0.4) is 0 Å². The van der Waals surface area contributed by atoms with Gasteiger partial charge in [-0.1, -0.05) is 6.07 Å². The molecule has 1 aromatic heterocycles. The maximum atomic E-state index is 13.2. The first kappa shape index (κ1) is 21.1. The Morgan fingerprint density at radius 3 is 2.73 bits per heavy atom. The van der Waals surface area contributed by atoms with Crippen molar-refractivity contribution in [2.45, 2.75) is 37.0 Å². The number of hydrogen-bond donors (Lipinski definition) is 1. The highest BCUT2D eigenvalue weighted by molar-refractivity contribution is 7.89. The lowest BCUT2D eigenvalue weighted by atomic mass is 9.99. The lowest BCUT2D eigenvalue weighted by molar-refractivity contribution is -0.130. The highest BCUT2D eigenvalue weighted by Crippen LogP contribution is 2.28. The van der Waals surface area contributed by atoms with E-state index in [9.17, 15) is 18.0 Å². The van der Waals surface area contributed by atoms with Crippen LogP contribution in [-0.2, 0) is 19.6 Å². The van der Waals surface area contributed by atoms with Crippen LogP contribution in [0, 0.1) is 5.92 Å². The third-order valence-corrected chi connectivity index (χ3v) is 8.16. The maximum absolute atomic E-state index is 13.2. The zero-order valence-corrected chi connectivity index (χ0v) is 18.3. The molecular weight excluding hydrogens is 426 g/mol. The van der Waals surface area contributed by atoms with Crippen molar-refractivity contribution in [2.75, 3.05) is 32.7 Å². The van der Waals surface area contributed by atoms with E-state index in [4.69, 9.17) is 0 Å². The third kappa shape index (κ3) is 4.33. The Hall–Kier alpha value is -2.11. The minimum Gasteiger partial charge on any atom is -0.355 e. The van der Waals surface area contributed by atoms with Crippen LogP contribution in [0.4, 0.5) is 0 Å². The molecule has 11 heteroatoms. The number of carbonyl (C=O) groups excluding carboxylic acids is 2. The zero-order valence-electron chi connectivity index (χ0n) is 16.6. The van der Waals surface area contributed by atoms with Gasteiger partial charge >= 0.3 is 0 Å². The number of nitrogens with zero attached hydrogens (tertiary/aromatic N) is 4. The molecule has 30 heavy (non-hydrogen) atoms. The summed E-state index contributed by atoms with van der Waals surface area (Å²) in [6.07, 6.45) is 3.58. The van der Waals surface area contributed by atoms with Crippen LogP contribution in [0.2, 0.25) is 0 Å². The van der Waals surface area contributed by atoms with Crippen LogP contribution in [0.25, 0.3) is 11.0 Å². The molecule has 1 N–H and O–H groups in total. The number of amides is 2. The normalized spacial score (nSPS) is 20.5. The molecule has 0 spiro atoms. The van der Waals surface area contributed by atoms with Gasteiger partial charge in [-0.05, 0) is 37.8 Å². The quantitative estimate of drug-likeness (QED) is 0.707. The maximum Gasteiger partial charge on any atom is 0.245 e. The summed E-state index contributed by atoms with van der Waals surface area (Å²) in [5.41, 5.74) is 0.921. The Kier molecular flexibility index (Phi) is 6.30. The Morgan fingerprint density at radius 1 is 1.13 bits per heavy atom. The number of rotatable bonds is 6. The van der Waals surface area contributed by atoms with E-state index in [1.165, 1.54) is 10.4 Å². The number of hydrogen-bond acceptors (Lipinski definition) is 7. The van der Waals surface area contributed by atoms with Crippen LogP contribution < -0.4 is 5.32 Å². The monoisotopic (exact) mass is 451 g/mol. The minimum absolute atomic E-state index is 0.0608. The van der Waals surface area contributed by atoms with Gasteiger partial charge in [0.2, 0.25) is 21.8 Å². The highest BCUT2D eigenvalue weighted by atomic mass is 32.2. The Morgan fingerprint density at radius 2 is 1.93 bits per heavy atom. The summed E-state index contributed by atoms with van der Waals surface area (Å²) in [6, 6.07) is 4.92. The molecule has 1 atom stereocenters. The molecule has 0 aliphatic carbocycles. The number of carbonyl (C=O) groups is 2. The molecule has 162 valence electrons. The first-order valence-corrected chi connectivity index (χ1v) is 12.4. The number of piperidine rings is 1. The fourth-order valence-electron chi connectivity index (χ4n) is 4.06. The second kappa shape index (κ2) is 8.94. The van der Waals surface area contributed by atoms with E-state index < -0.39 is 15.9 Å². The number of nitrogens with one attached hydrogen (secondary N) is 1. The van der Waals surface area contributed by atoms with Crippen molar-refractivity contribution in [1.29, 1.82) is 0 Å². The van der Waals surface area contributed by atoms with E-state index in [2.05, 4.69) is 14.1 Å². The van der Waals surface area contributed by atoms with Crippen molar-refractivity contribution in [3.05, 3.63) is 18.2 Å². The lowest BCUT2D eigenvalue weighted by Crippen LogP contribution is -2.46. The molecule has 2 saturated heterocycles. The molecule has 1 aromatic carbocycles. The van der Waals surface area contributed by atoms with Crippen molar-refractivity contribution in [1.82, 2.24) is 23.3 Å². The molecule has 2 aliphatic heterocycles. The predicted octanol–water partition coefficient (Wildman–Crippen LogP) is 1.22. The van der Waals surface area contributed by atoms with Crippen LogP contribution in [0.1, 0.15) is 32.1 Å². The van der Waals surface area contributed by atoms with E-state index in [0.29, 0.717) is 30.4 Å². The molecule has 0 bridgehead atoms. The summed E-state index contributed by atoms with van der Waals surface area (Å²) in [5.74, 6) is -0.563. The molecule has 0 radical (unpaired) electrons. The molecule has 2 fully saturated rings. The molecule has 2 aliphatic rings. The second-order valence-electron chi connectivity index (χ2n) is 7.72. The zero-order chi connectivity index (χ0) is 21.1. The van der Waals surface area contributed by atoms with Gasteiger partial charge in [0, 0.05) is 39.1 Å². The number of sulfonamides is 1. The van der Waals surface area contributed by atoms with Crippen molar-refractivity contribution < 1.29 is 18.0 Å². The average molecular weight is 452 g/mol. The van der Waals surface area contributed by atoms with Crippen LogP contribution in [0.5, 0.6) is 0 Å². The average Bonchev–Trinajstić information content (AvgIpc) is 3.45. The second-order valence-corrected chi connectivity index (χ2v) is 10.2. The van der Waals surface area contributed by atoms with Crippen molar-refractivity contribution in [3.63, 3.8) is 0 Å². The summed E-state index contributed by atoms with van der Waals surface area (Å²) in [6.45, 7) is 2.36. The van der Waals surface area contributed by atoms with E-state index in [1.54, 1.807) is 12.1 Å². The fraction of sp³-hybridized carbons (Fsp3) is 0.579. The molecule has 1 unspecified atom stereocenters. The van der Waals surface area contributed by atoms with Gasteiger partial charge in [-0.15, -0.1) is 0 Å². The van der Waals surface area contributed by atoms with E-state index in [0.717, 1.165) is 37.7 Å². The van der Waals surface area contributed by atoms with Gasteiger partial charge < -0.3 is 10.2 Å². The SMILES string of the molecule is O=C(NCCC(=O)N1CCCC1)C1CCCN(S(=O)(=O)c2cccc3nsnc23)C1. The third-order valence-electron chi connectivity index (χ3n) is 5.72. The standard InChI is InChI=1S/C19H25N5O4S2/c25-17(23-10-1-2-11-23)8-9-20-19(26)14-5-4-12-24(13-14)30(27,28)16-7-3-6-15-18(16)22-29-21-15/h3,6-7,14H,1-2,4-5,8-13H2,(H,20,26). The molecule has 2 amide bonds. The van der Waals surface area contributed by atoms with Gasteiger partial charge in [0.25, 0.3) is 0 Å². The van der Waals surface area contributed by atoms with E-state index in [-0.39, 0.29) is 36.2 Å². The summed E-state index contributed by atoms with van der Waals surface area (Å²) in [4.78, 5) is 26.7. The number of fused-ring (bicyclic) bond motifs is 1.